The van der Waals surface area contributed by atoms with Crippen LogP contribution in [0, 0.1) is 0 Å². The van der Waals surface area contributed by atoms with Gasteiger partial charge in [0.25, 0.3) is 5.91 Å². The summed E-state index contributed by atoms with van der Waals surface area (Å²) in [7, 11) is 0. The van der Waals surface area contributed by atoms with Crippen molar-refractivity contribution in [3.05, 3.63) is 47.5 Å². The first-order valence-corrected chi connectivity index (χ1v) is 7.86. The smallest absolute Gasteiger partial charge is 0.251 e. The van der Waals surface area contributed by atoms with Gasteiger partial charge < -0.3 is 24.3 Å². The SMILES string of the molecule is O=C(NCc1ccc2c(c1)OCCCO2)c1ccc2c(c1)OCO2. The summed E-state index contributed by atoms with van der Waals surface area (Å²) in [4.78, 5) is 12.3. The van der Waals surface area contributed by atoms with Crippen LogP contribution in [0.2, 0.25) is 0 Å². The molecular formula is C18H17NO5. The molecule has 0 saturated heterocycles. The third-order valence-corrected chi connectivity index (χ3v) is 3.90. The molecule has 0 atom stereocenters. The van der Waals surface area contributed by atoms with Gasteiger partial charge in [0.1, 0.15) is 0 Å². The molecule has 2 aliphatic rings. The van der Waals surface area contributed by atoms with Crippen LogP contribution < -0.4 is 24.3 Å². The van der Waals surface area contributed by atoms with E-state index in [4.69, 9.17) is 18.9 Å². The zero-order chi connectivity index (χ0) is 16.4. The van der Waals surface area contributed by atoms with E-state index in [1.807, 2.05) is 18.2 Å². The van der Waals surface area contributed by atoms with Gasteiger partial charge in [-0.3, -0.25) is 4.79 Å². The van der Waals surface area contributed by atoms with Crippen molar-refractivity contribution in [2.45, 2.75) is 13.0 Å². The number of ether oxygens (including phenoxy) is 4. The molecule has 0 fully saturated rings. The summed E-state index contributed by atoms with van der Waals surface area (Å²) in [5.74, 6) is 2.56. The maximum absolute atomic E-state index is 12.3. The first-order chi connectivity index (χ1) is 11.8. The molecule has 0 spiro atoms. The lowest BCUT2D eigenvalue weighted by atomic mass is 10.1. The molecule has 0 bridgehead atoms. The summed E-state index contributed by atoms with van der Waals surface area (Å²) < 4.78 is 21.8. The van der Waals surface area contributed by atoms with Gasteiger partial charge in [-0.15, -0.1) is 0 Å². The van der Waals surface area contributed by atoms with Gasteiger partial charge in [-0.05, 0) is 35.9 Å². The second-order valence-corrected chi connectivity index (χ2v) is 5.58. The van der Waals surface area contributed by atoms with E-state index in [0.29, 0.717) is 36.8 Å². The summed E-state index contributed by atoms with van der Waals surface area (Å²) in [6.45, 7) is 1.90. The van der Waals surface area contributed by atoms with Crippen molar-refractivity contribution in [3.8, 4) is 23.0 Å². The van der Waals surface area contributed by atoms with Crippen molar-refractivity contribution in [3.63, 3.8) is 0 Å². The van der Waals surface area contributed by atoms with Crippen LogP contribution in [0.15, 0.2) is 36.4 Å². The minimum atomic E-state index is -0.166. The monoisotopic (exact) mass is 327 g/mol. The topological polar surface area (TPSA) is 66.0 Å². The fraction of sp³-hybridized carbons (Fsp3) is 0.278. The molecule has 6 heteroatoms. The number of hydrogen-bond acceptors (Lipinski definition) is 5. The Kier molecular flexibility index (Phi) is 3.86. The molecule has 2 aromatic carbocycles. The Bertz CT molecular complexity index is 774. The van der Waals surface area contributed by atoms with Crippen LogP contribution in [0.1, 0.15) is 22.3 Å². The number of hydrogen-bond donors (Lipinski definition) is 1. The molecule has 6 nitrogen and oxygen atoms in total. The summed E-state index contributed by atoms with van der Waals surface area (Å²) >= 11 is 0. The number of carbonyl (C=O) groups excluding carboxylic acids is 1. The van der Waals surface area contributed by atoms with Crippen LogP contribution in [0.3, 0.4) is 0 Å². The predicted octanol–water partition coefficient (Wildman–Crippen LogP) is 2.51. The van der Waals surface area contributed by atoms with Crippen LogP contribution in [0.4, 0.5) is 0 Å². The summed E-state index contributed by atoms with van der Waals surface area (Å²) in [6, 6.07) is 10.9. The Hall–Kier alpha value is -2.89. The van der Waals surface area contributed by atoms with E-state index >= 15 is 0 Å². The second kappa shape index (κ2) is 6.31. The molecule has 2 heterocycles. The highest BCUT2D eigenvalue weighted by Crippen LogP contribution is 2.33. The number of rotatable bonds is 3. The average Bonchev–Trinajstić information content (AvgIpc) is 2.96. The van der Waals surface area contributed by atoms with E-state index in [1.165, 1.54) is 0 Å². The van der Waals surface area contributed by atoms with Gasteiger partial charge in [0.2, 0.25) is 6.79 Å². The number of carbonyl (C=O) groups is 1. The largest absolute Gasteiger partial charge is 0.490 e. The molecular weight excluding hydrogens is 310 g/mol. The van der Waals surface area contributed by atoms with Gasteiger partial charge in [-0.2, -0.15) is 0 Å². The highest BCUT2D eigenvalue weighted by atomic mass is 16.7. The average molecular weight is 327 g/mol. The molecule has 0 saturated carbocycles. The number of fused-ring (bicyclic) bond motifs is 2. The van der Waals surface area contributed by atoms with Gasteiger partial charge in [-0.1, -0.05) is 6.07 Å². The third-order valence-electron chi connectivity index (χ3n) is 3.90. The lowest BCUT2D eigenvalue weighted by Crippen LogP contribution is -2.22. The van der Waals surface area contributed by atoms with E-state index in [9.17, 15) is 4.79 Å². The Morgan fingerprint density at radius 2 is 1.58 bits per heavy atom. The van der Waals surface area contributed by atoms with E-state index < -0.39 is 0 Å². The van der Waals surface area contributed by atoms with Crippen LogP contribution >= 0.6 is 0 Å². The minimum absolute atomic E-state index is 0.166. The van der Waals surface area contributed by atoms with Gasteiger partial charge in [-0.25, -0.2) is 0 Å². The molecule has 2 aliphatic heterocycles. The van der Waals surface area contributed by atoms with Crippen LogP contribution in [0.5, 0.6) is 23.0 Å². The highest BCUT2D eigenvalue weighted by Gasteiger charge is 2.16. The van der Waals surface area contributed by atoms with Gasteiger partial charge >= 0.3 is 0 Å². The lowest BCUT2D eigenvalue weighted by Gasteiger charge is -2.10. The number of amides is 1. The molecule has 124 valence electrons. The summed E-state index contributed by atoms with van der Waals surface area (Å²) in [5.41, 5.74) is 1.49. The van der Waals surface area contributed by atoms with Crippen molar-refractivity contribution in [2.75, 3.05) is 20.0 Å². The Labute approximate surface area is 139 Å². The van der Waals surface area contributed by atoms with Crippen molar-refractivity contribution in [1.29, 1.82) is 0 Å². The maximum Gasteiger partial charge on any atom is 0.251 e. The third kappa shape index (κ3) is 2.95. The fourth-order valence-electron chi connectivity index (χ4n) is 2.64. The first kappa shape index (κ1) is 14.7. The van der Waals surface area contributed by atoms with Crippen molar-refractivity contribution < 1.29 is 23.7 Å². The fourth-order valence-corrected chi connectivity index (χ4v) is 2.64. The van der Waals surface area contributed by atoms with Crippen molar-refractivity contribution >= 4 is 5.91 Å². The van der Waals surface area contributed by atoms with Crippen LogP contribution in [0.25, 0.3) is 0 Å². The van der Waals surface area contributed by atoms with Crippen LogP contribution in [-0.2, 0) is 6.54 Å². The Morgan fingerprint density at radius 1 is 0.875 bits per heavy atom. The molecule has 2 aromatic rings. The van der Waals surface area contributed by atoms with E-state index in [-0.39, 0.29) is 12.7 Å². The van der Waals surface area contributed by atoms with E-state index in [1.54, 1.807) is 18.2 Å². The standard InChI is InChI=1S/C18H17NO5/c20-18(13-3-5-15-17(9-13)24-11-23-15)19-10-12-2-4-14-16(8-12)22-7-1-6-21-14/h2-5,8-9H,1,6-7,10-11H2,(H,19,20). The maximum atomic E-state index is 12.3. The quantitative estimate of drug-likeness (QED) is 0.938. The molecule has 1 N–H and O–H groups in total. The molecule has 4 rings (SSSR count). The summed E-state index contributed by atoms with van der Waals surface area (Å²) in [5, 5.41) is 2.90. The normalized spacial score (nSPS) is 14.8. The second-order valence-electron chi connectivity index (χ2n) is 5.58. The Balaban J connectivity index is 1.43. The zero-order valence-corrected chi connectivity index (χ0v) is 13.0. The zero-order valence-electron chi connectivity index (χ0n) is 13.0. The molecule has 0 radical (unpaired) electrons. The van der Waals surface area contributed by atoms with E-state index in [2.05, 4.69) is 5.32 Å². The van der Waals surface area contributed by atoms with Crippen molar-refractivity contribution in [2.24, 2.45) is 0 Å². The molecule has 0 unspecified atom stereocenters. The van der Waals surface area contributed by atoms with Gasteiger partial charge in [0.05, 0.1) is 13.2 Å². The number of nitrogens with one attached hydrogen (secondary N) is 1. The van der Waals surface area contributed by atoms with Crippen molar-refractivity contribution in [1.82, 2.24) is 5.32 Å². The predicted molar refractivity (Wildman–Crippen MR) is 85.8 cm³/mol. The Morgan fingerprint density at radius 3 is 2.50 bits per heavy atom. The molecule has 0 aromatic heterocycles. The van der Waals surface area contributed by atoms with Crippen LogP contribution in [-0.4, -0.2) is 25.9 Å². The summed E-state index contributed by atoms with van der Waals surface area (Å²) in [6.07, 6.45) is 0.866. The minimum Gasteiger partial charge on any atom is -0.490 e. The highest BCUT2D eigenvalue weighted by molar-refractivity contribution is 5.94. The lowest BCUT2D eigenvalue weighted by molar-refractivity contribution is 0.0950. The van der Waals surface area contributed by atoms with Gasteiger partial charge in [0.15, 0.2) is 23.0 Å². The first-order valence-electron chi connectivity index (χ1n) is 7.86. The molecule has 1 amide bonds. The molecule has 24 heavy (non-hydrogen) atoms. The molecule has 0 aliphatic carbocycles. The van der Waals surface area contributed by atoms with E-state index in [0.717, 1.165) is 23.5 Å². The van der Waals surface area contributed by atoms with Gasteiger partial charge in [0, 0.05) is 18.5 Å². The number of benzene rings is 2.